The molecule has 4 aromatic rings. The summed E-state index contributed by atoms with van der Waals surface area (Å²) in [6.45, 7) is 1.97. The molecule has 1 fully saturated rings. The fourth-order valence-electron chi connectivity index (χ4n) is 4.36. The summed E-state index contributed by atoms with van der Waals surface area (Å²) in [6.07, 6.45) is 10.6. The molecule has 0 atom stereocenters. The summed E-state index contributed by atoms with van der Waals surface area (Å²) >= 11 is 0. The van der Waals surface area contributed by atoms with E-state index < -0.39 is 5.54 Å². The van der Waals surface area contributed by atoms with E-state index in [1.807, 2.05) is 32.6 Å². The van der Waals surface area contributed by atoms with Crippen LogP contribution in [0, 0.1) is 35.5 Å². The van der Waals surface area contributed by atoms with Crippen LogP contribution in [0.4, 0.5) is 5.82 Å². The maximum absolute atomic E-state index is 9.36. The normalized spacial score (nSPS) is 20.3. The monoisotopic (exact) mass is 412 g/mol. The summed E-state index contributed by atoms with van der Waals surface area (Å²) < 4.78 is 5.27. The first-order valence-electron chi connectivity index (χ1n) is 9.90. The number of nitriles is 2. The molecule has 0 saturated heterocycles. The highest BCUT2D eigenvalue weighted by Gasteiger charge is 2.47. The second-order valence-electron chi connectivity index (χ2n) is 8.16. The molecule has 0 radical (unpaired) electrons. The fourth-order valence-corrected chi connectivity index (χ4v) is 4.36. The fraction of sp³-hybridized carbons (Fsp3) is 0.333. The Balaban J connectivity index is 1.67. The molecule has 0 aliphatic heterocycles. The van der Waals surface area contributed by atoms with Crippen LogP contribution in [0.5, 0.6) is 0 Å². The van der Waals surface area contributed by atoms with Gasteiger partial charge in [0.15, 0.2) is 5.82 Å². The van der Waals surface area contributed by atoms with Gasteiger partial charge in [0.1, 0.15) is 5.69 Å². The molecule has 5 rings (SSSR count). The van der Waals surface area contributed by atoms with Gasteiger partial charge in [-0.05, 0) is 25.3 Å². The Kier molecular flexibility index (Phi) is 4.05. The molecule has 154 valence electrons. The van der Waals surface area contributed by atoms with Gasteiger partial charge < -0.3 is 5.73 Å². The Morgan fingerprint density at radius 2 is 2.00 bits per heavy atom. The number of nitrogens with zero attached hydrogens (tertiary/aromatic N) is 9. The van der Waals surface area contributed by atoms with Crippen molar-refractivity contribution >= 4 is 11.3 Å². The van der Waals surface area contributed by atoms with Gasteiger partial charge in [-0.3, -0.25) is 9.36 Å². The summed E-state index contributed by atoms with van der Waals surface area (Å²) in [6, 6.07) is 4.52. The molecule has 10 nitrogen and oxygen atoms in total. The number of aromatic nitrogens is 7. The first-order valence-corrected chi connectivity index (χ1v) is 9.90. The maximum atomic E-state index is 9.36. The van der Waals surface area contributed by atoms with Crippen LogP contribution >= 0.6 is 0 Å². The summed E-state index contributed by atoms with van der Waals surface area (Å²) in [4.78, 5) is 4.90. The van der Waals surface area contributed by atoms with E-state index in [9.17, 15) is 10.5 Å². The van der Waals surface area contributed by atoms with Crippen LogP contribution in [0.1, 0.15) is 24.8 Å². The van der Waals surface area contributed by atoms with Crippen LogP contribution in [-0.2, 0) is 12.6 Å². The third kappa shape index (κ3) is 2.84. The highest BCUT2D eigenvalue weighted by molar-refractivity contribution is 5.85. The molecule has 10 heteroatoms. The van der Waals surface area contributed by atoms with Crippen molar-refractivity contribution in [3.63, 3.8) is 0 Å². The number of fused-ring (bicyclic) bond motifs is 1. The summed E-state index contributed by atoms with van der Waals surface area (Å²) in [7, 11) is 1.85. The molecule has 0 bridgehead atoms. The first kappa shape index (κ1) is 18.8. The van der Waals surface area contributed by atoms with Crippen LogP contribution < -0.4 is 5.73 Å². The van der Waals surface area contributed by atoms with Crippen LogP contribution in [0.2, 0.25) is 0 Å². The highest BCUT2D eigenvalue weighted by atomic mass is 15.3. The van der Waals surface area contributed by atoms with Crippen molar-refractivity contribution in [1.29, 1.82) is 10.5 Å². The van der Waals surface area contributed by atoms with E-state index in [2.05, 4.69) is 27.4 Å². The van der Waals surface area contributed by atoms with Gasteiger partial charge in [-0.25, -0.2) is 9.50 Å². The number of aryl methyl sites for hydroxylation is 2. The van der Waals surface area contributed by atoms with Crippen LogP contribution in [0.15, 0.2) is 31.0 Å². The zero-order chi connectivity index (χ0) is 21.8. The van der Waals surface area contributed by atoms with E-state index in [0.717, 1.165) is 16.6 Å². The number of hydrogen-bond donors (Lipinski definition) is 1. The van der Waals surface area contributed by atoms with E-state index in [1.165, 1.54) is 0 Å². The lowest BCUT2D eigenvalue weighted by atomic mass is 9.67. The third-order valence-electron chi connectivity index (χ3n) is 6.01. The minimum Gasteiger partial charge on any atom is -0.382 e. The average Bonchev–Trinajstić information content (AvgIpc) is 3.43. The molecule has 1 saturated carbocycles. The SMILES string of the molecule is Cc1cnn2cc(-c3cnn(C)c3)nc(-c3cn([C@]4(CC#N)C[C@@H](C#N)C4)nc3N)c12. The van der Waals surface area contributed by atoms with Gasteiger partial charge in [0.25, 0.3) is 0 Å². The van der Waals surface area contributed by atoms with E-state index in [4.69, 9.17) is 10.7 Å². The second kappa shape index (κ2) is 6.67. The lowest BCUT2D eigenvalue weighted by molar-refractivity contribution is 0.0885. The zero-order valence-corrected chi connectivity index (χ0v) is 17.2. The van der Waals surface area contributed by atoms with E-state index >= 15 is 0 Å². The quantitative estimate of drug-likeness (QED) is 0.543. The lowest BCUT2D eigenvalue weighted by Crippen LogP contribution is -2.46. The molecule has 2 N–H and O–H groups in total. The summed E-state index contributed by atoms with van der Waals surface area (Å²) in [5.41, 5.74) is 10.6. The molecule has 1 aliphatic carbocycles. The van der Waals surface area contributed by atoms with Gasteiger partial charge in [-0.15, -0.1) is 0 Å². The molecule has 31 heavy (non-hydrogen) atoms. The minimum atomic E-state index is -0.506. The van der Waals surface area contributed by atoms with Crippen molar-refractivity contribution in [3.05, 3.63) is 36.5 Å². The number of nitrogen functional groups attached to an aromatic ring is 1. The summed E-state index contributed by atoms with van der Waals surface area (Å²) in [5.74, 6) is 0.258. The lowest BCUT2D eigenvalue weighted by Gasteiger charge is -2.43. The van der Waals surface area contributed by atoms with Crippen molar-refractivity contribution in [1.82, 2.24) is 34.2 Å². The summed E-state index contributed by atoms with van der Waals surface area (Å²) in [5, 5.41) is 31.8. The van der Waals surface area contributed by atoms with Crippen LogP contribution in [0.25, 0.3) is 28.0 Å². The van der Waals surface area contributed by atoms with Gasteiger partial charge in [0.05, 0.1) is 65.4 Å². The Labute approximate surface area is 178 Å². The molecule has 0 amide bonds. The van der Waals surface area contributed by atoms with Gasteiger partial charge in [-0.1, -0.05) is 0 Å². The molecular formula is C21H20N10. The van der Waals surface area contributed by atoms with Crippen LogP contribution in [-0.4, -0.2) is 34.2 Å². The topological polar surface area (TPSA) is 139 Å². The van der Waals surface area contributed by atoms with Gasteiger partial charge in [0, 0.05) is 25.0 Å². The molecular weight excluding hydrogens is 392 g/mol. The average molecular weight is 412 g/mol. The molecule has 4 heterocycles. The highest BCUT2D eigenvalue weighted by Crippen LogP contribution is 2.47. The van der Waals surface area contributed by atoms with Gasteiger partial charge >= 0.3 is 0 Å². The molecule has 0 spiro atoms. The van der Waals surface area contributed by atoms with Crippen molar-refractivity contribution < 1.29 is 0 Å². The molecule has 4 aromatic heterocycles. The Morgan fingerprint density at radius 3 is 2.68 bits per heavy atom. The number of nitrogens with two attached hydrogens (primary N) is 1. The third-order valence-corrected chi connectivity index (χ3v) is 6.01. The number of anilines is 1. The smallest absolute Gasteiger partial charge is 0.155 e. The number of hydrogen-bond acceptors (Lipinski definition) is 7. The largest absolute Gasteiger partial charge is 0.382 e. The van der Waals surface area contributed by atoms with Crippen molar-refractivity contribution in [2.45, 2.75) is 31.7 Å². The maximum Gasteiger partial charge on any atom is 0.155 e. The zero-order valence-electron chi connectivity index (χ0n) is 17.2. The number of rotatable bonds is 4. The van der Waals surface area contributed by atoms with E-state index in [-0.39, 0.29) is 12.3 Å². The van der Waals surface area contributed by atoms with Gasteiger partial charge in [0.2, 0.25) is 0 Å². The second-order valence-corrected chi connectivity index (χ2v) is 8.16. The Bertz CT molecular complexity index is 1380. The Morgan fingerprint density at radius 1 is 1.19 bits per heavy atom. The molecule has 1 aliphatic rings. The predicted octanol–water partition coefficient (Wildman–Crippen LogP) is 2.43. The van der Waals surface area contributed by atoms with E-state index in [1.54, 1.807) is 26.3 Å². The van der Waals surface area contributed by atoms with Crippen molar-refractivity contribution in [2.75, 3.05) is 5.73 Å². The first-order chi connectivity index (χ1) is 14.9. The standard InChI is InChI=1S/C21H20N10/c1-13-8-26-30-12-17(15-9-25-29(2)10-15)27-18(19(13)30)16-11-31(28-20(16)24)21(3-4-22)5-14(6-21)7-23/h8-12,14H,3,5-6H2,1-2H3,(H2,24,28)/t14-,21-. The Hall–Kier alpha value is -4.18. The minimum absolute atomic E-state index is 0.0713. The molecule has 0 unspecified atom stereocenters. The van der Waals surface area contributed by atoms with Gasteiger partial charge in [-0.2, -0.15) is 25.8 Å². The van der Waals surface area contributed by atoms with E-state index in [0.29, 0.717) is 35.6 Å². The van der Waals surface area contributed by atoms with Crippen LogP contribution in [0.3, 0.4) is 0 Å². The van der Waals surface area contributed by atoms with Crippen molar-refractivity contribution in [2.24, 2.45) is 13.0 Å². The molecule has 0 aromatic carbocycles. The van der Waals surface area contributed by atoms with Crippen molar-refractivity contribution in [3.8, 4) is 34.7 Å². The predicted molar refractivity (Wildman–Crippen MR) is 112 cm³/mol.